The van der Waals surface area contributed by atoms with Crippen molar-refractivity contribution in [2.75, 3.05) is 6.54 Å². The standard InChI is InChI=1S/C21H20F2N2O3/c1-3-4-9-25-20(27)15-7-5-14(10-16(15)21(25)28)19(26)24-12(2)13-6-8-17(22)18(23)11-13/h5-8,10-12H,3-4,9H2,1-2H3,(H,24,26). The van der Waals surface area contributed by atoms with Crippen LogP contribution in [-0.2, 0) is 0 Å². The van der Waals surface area contributed by atoms with Gasteiger partial charge in [0.1, 0.15) is 0 Å². The third kappa shape index (κ3) is 3.65. The highest BCUT2D eigenvalue weighted by Gasteiger charge is 2.35. The van der Waals surface area contributed by atoms with Crippen LogP contribution in [0.25, 0.3) is 0 Å². The summed E-state index contributed by atoms with van der Waals surface area (Å²) in [5.74, 6) is -3.19. The van der Waals surface area contributed by atoms with Crippen LogP contribution < -0.4 is 5.32 Å². The predicted octanol–water partition coefficient (Wildman–Crippen LogP) is 3.85. The summed E-state index contributed by atoms with van der Waals surface area (Å²) in [7, 11) is 0. The maximum absolute atomic E-state index is 13.4. The number of nitrogens with one attached hydrogen (secondary N) is 1. The molecule has 0 bridgehead atoms. The van der Waals surface area contributed by atoms with Crippen LogP contribution in [0.3, 0.4) is 0 Å². The van der Waals surface area contributed by atoms with Crippen molar-refractivity contribution in [3.05, 3.63) is 70.3 Å². The van der Waals surface area contributed by atoms with E-state index in [0.717, 1.165) is 18.6 Å². The fourth-order valence-corrected chi connectivity index (χ4v) is 3.10. The molecule has 0 radical (unpaired) electrons. The molecule has 0 aromatic heterocycles. The van der Waals surface area contributed by atoms with Gasteiger partial charge in [0.25, 0.3) is 17.7 Å². The number of rotatable bonds is 6. The van der Waals surface area contributed by atoms with Gasteiger partial charge in [-0.25, -0.2) is 8.78 Å². The van der Waals surface area contributed by atoms with Crippen molar-refractivity contribution in [2.24, 2.45) is 0 Å². The fourth-order valence-electron chi connectivity index (χ4n) is 3.10. The van der Waals surface area contributed by atoms with Crippen molar-refractivity contribution in [2.45, 2.75) is 32.7 Å². The maximum Gasteiger partial charge on any atom is 0.261 e. The number of fused-ring (bicyclic) bond motifs is 1. The number of imide groups is 1. The second kappa shape index (κ2) is 7.88. The Labute approximate surface area is 161 Å². The van der Waals surface area contributed by atoms with E-state index in [1.54, 1.807) is 6.92 Å². The molecule has 2 aromatic carbocycles. The van der Waals surface area contributed by atoms with Crippen LogP contribution in [0.2, 0.25) is 0 Å². The first kappa shape index (κ1) is 19.7. The van der Waals surface area contributed by atoms with Gasteiger partial charge in [-0.1, -0.05) is 19.4 Å². The van der Waals surface area contributed by atoms with Crippen LogP contribution in [0.15, 0.2) is 36.4 Å². The van der Waals surface area contributed by atoms with E-state index in [1.165, 1.54) is 29.2 Å². The molecule has 1 aliphatic heterocycles. The second-order valence-electron chi connectivity index (χ2n) is 6.74. The van der Waals surface area contributed by atoms with E-state index >= 15 is 0 Å². The van der Waals surface area contributed by atoms with Gasteiger partial charge in [-0.2, -0.15) is 0 Å². The average molecular weight is 386 g/mol. The van der Waals surface area contributed by atoms with Crippen molar-refractivity contribution >= 4 is 17.7 Å². The lowest BCUT2D eigenvalue weighted by Gasteiger charge is -2.15. The van der Waals surface area contributed by atoms with Crippen LogP contribution in [-0.4, -0.2) is 29.2 Å². The number of unbranched alkanes of at least 4 members (excludes halogenated alkanes) is 1. The third-order valence-electron chi connectivity index (χ3n) is 4.76. The molecular weight excluding hydrogens is 366 g/mol. The first-order chi connectivity index (χ1) is 13.3. The number of benzene rings is 2. The van der Waals surface area contributed by atoms with E-state index in [2.05, 4.69) is 5.32 Å². The number of amides is 3. The summed E-state index contributed by atoms with van der Waals surface area (Å²) in [6.07, 6.45) is 1.56. The summed E-state index contributed by atoms with van der Waals surface area (Å²) in [5, 5.41) is 2.68. The Hall–Kier alpha value is -3.09. The minimum absolute atomic E-state index is 0.203. The van der Waals surface area contributed by atoms with Crippen LogP contribution >= 0.6 is 0 Å². The minimum atomic E-state index is -0.993. The summed E-state index contributed by atoms with van der Waals surface area (Å²) in [6.45, 7) is 3.95. The van der Waals surface area contributed by atoms with Gasteiger partial charge in [0, 0.05) is 12.1 Å². The molecule has 3 amide bonds. The number of halogens is 2. The van der Waals surface area contributed by atoms with Gasteiger partial charge in [0.2, 0.25) is 0 Å². The zero-order valence-electron chi connectivity index (χ0n) is 15.6. The zero-order chi connectivity index (χ0) is 20.4. The molecule has 0 fully saturated rings. The molecular formula is C21H20F2N2O3. The lowest BCUT2D eigenvalue weighted by atomic mass is 10.0. The van der Waals surface area contributed by atoms with Crippen molar-refractivity contribution in [3.8, 4) is 0 Å². The highest BCUT2D eigenvalue weighted by molar-refractivity contribution is 6.22. The normalized spacial score (nSPS) is 14.2. The smallest absolute Gasteiger partial charge is 0.261 e. The molecule has 1 heterocycles. The van der Waals surface area contributed by atoms with Gasteiger partial charge in [-0.05, 0) is 49.2 Å². The average Bonchev–Trinajstić information content (AvgIpc) is 2.92. The lowest BCUT2D eigenvalue weighted by Crippen LogP contribution is -2.30. The van der Waals surface area contributed by atoms with Crippen molar-refractivity contribution in [3.63, 3.8) is 0 Å². The molecule has 1 atom stereocenters. The Morgan fingerprint density at radius 2 is 1.75 bits per heavy atom. The molecule has 0 aliphatic carbocycles. The first-order valence-corrected chi connectivity index (χ1v) is 9.09. The van der Waals surface area contributed by atoms with Gasteiger partial charge in [0.15, 0.2) is 11.6 Å². The minimum Gasteiger partial charge on any atom is -0.346 e. The van der Waals surface area contributed by atoms with Gasteiger partial charge in [-0.15, -0.1) is 0 Å². The summed E-state index contributed by atoms with van der Waals surface area (Å²) in [6, 6.07) is 7.18. The highest BCUT2D eigenvalue weighted by atomic mass is 19.2. The summed E-state index contributed by atoms with van der Waals surface area (Å²) < 4.78 is 26.5. The topological polar surface area (TPSA) is 66.5 Å². The van der Waals surface area contributed by atoms with E-state index in [1.807, 2.05) is 6.92 Å². The quantitative estimate of drug-likeness (QED) is 0.767. The SMILES string of the molecule is CCCCN1C(=O)c2ccc(C(=O)NC(C)c3ccc(F)c(F)c3)cc2C1=O. The molecule has 146 valence electrons. The van der Waals surface area contributed by atoms with Gasteiger partial charge < -0.3 is 5.32 Å². The Morgan fingerprint density at radius 1 is 1.04 bits per heavy atom. The van der Waals surface area contributed by atoms with Gasteiger partial charge >= 0.3 is 0 Å². The van der Waals surface area contributed by atoms with E-state index in [9.17, 15) is 23.2 Å². The summed E-state index contributed by atoms with van der Waals surface area (Å²) in [4.78, 5) is 38.6. The number of hydrogen-bond acceptors (Lipinski definition) is 3. The van der Waals surface area contributed by atoms with Crippen molar-refractivity contribution < 1.29 is 23.2 Å². The number of nitrogens with zero attached hydrogens (tertiary/aromatic N) is 1. The maximum atomic E-state index is 13.4. The lowest BCUT2D eigenvalue weighted by molar-refractivity contribution is 0.0652. The number of carbonyl (C=O) groups excluding carboxylic acids is 3. The molecule has 28 heavy (non-hydrogen) atoms. The van der Waals surface area contributed by atoms with Crippen LogP contribution in [0.1, 0.15) is 69.4 Å². The summed E-state index contributed by atoms with van der Waals surface area (Å²) in [5.41, 5.74) is 1.11. The first-order valence-electron chi connectivity index (χ1n) is 9.09. The van der Waals surface area contributed by atoms with Crippen LogP contribution in [0.4, 0.5) is 8.78 Å². The zero-order valence-corrected chi connectivity index (χ0v) is 15.6. The number of carbonyl (C=O) groups is 3. The van der Waals surface area contributed by atoms with Gasteiger partial charge in [0.05, 0.1) is 17.2 Å². The molecule has 1 N–H and O–H groups in total. The van der Waals surface area contributed by atoms with Gasteiger partial charge in [-0.3, -0.25) is 19.3 Å². The van der Waals surface area contributed by atoms with Crippen LogP contribution in [0.5, 0.6) is 0 Å². The van der Waals surface area contributed by atoms with E-state index in [-0.39, 0.29) is 22.6 Å². The monoisotopic (exact) mass is 386 g/mol. The highest BCUT2D eigenvalue weighted by Crippen LogP contribution is 2.25. The molecule has 7 heteroatoms. The second-order valence-corrected chi connectivity index (χ2v) is 6.74. The predicted molar refractivity (Wildman–Crippen MR) is 99.0 cm³/mol. The Bertz CT molecular complexity index is 959. The molecule has 0 spiro atoms. The van der Waals surface area contributed by atoms with Crippen molar-refractivity contribution in [1.29, 1.82) is 0 Å². The largest absolute Gasteiger partial charge is 0.346 e. The Balaban J connectivity index is 1.77. The third-order valence-corrected chi connectivity index (χ3v) is 4.76. The molecule has 2 aromatic rings. The molecule has 1 unspecified atom stereocenters. The molecule has 5 nitrogen and oxygen atoms in total. The van der Waals surface area contributed by atoms with E-state index in [0.29, 0.717) is 18.5 Å². The molecule has 3 rings (SSSR count). The van der Waals surface area contributed by atoms with Crippen molar-refractivity contribution in [1.82, 2.24) is 10.2 Å². The number of hydrogen-bond donors (Lipinski definition) is 1. The molecule has 1 aliphatic rings. The molecule has 0 saturated heterocycles. The summed E-state index contributed by atoms with van der Waals surface area (Å²) >= 11 is 0. The molecule has 0 saturated carbocycles. The fraction of sp³-hybridized carbons (Fsp3) is 0.286. The Kier molecular flexibility index (Phi) is 5.53. The van der Waals surface area contributed by atoms with E-state index < -0.39 is 29.5 Å². The van der Waals surface area contributed by atoms with E-state index in [4.69, 9.17) is 0 Å². The van der Waals surface area contributed by atoms with Crippen LogP contribution in [0, 0.1) is 11.6 Å². The Morgan fingerprint density at radius 3 is 2.43 bits per heavy atom.